The lowest BCUT2D eigenvalue weighted by atomic mass is 9.44. The van der Waals surface area contributed by atoms with E-state index in [-0.39, 0.29) is 23.4 Å². The molecule has 4 heteroatoms. The maximum Gasteiger partial charge on any atom is 0.307 e. The van der Waals surface area contributed by atoms with Gasteiger partial charge in [-0.25, -0.2) is 0 Å². The summed E-state index contributed by atoms with van der Waals surface area (Å²) in [6.45, 7) is 6.28. The summed E-state index contributed by atoms with van der Waals surface area (Å²) in [4.78, 5) is 23.2. The highest BCUT2D eigenvalue weighted by Gasteiger charge is 2.61. The van der Waals surface area contributed by atoms with Crippen molar-refractivity contribution >= 4 is 11.9 Å². The molecule has 4 rings (SSSR count). The number of aliphatic carboxylic acids is 1. The molecule has 0 aromatic rings. The van der Waals surface area contributed by atoms with E-state index in [1.807, 2.05) is 0 Å². The zero-order valence-electron chi connectivity index (χ0n) is 16.5. The molecule has 0 spiro atoms. The molecule has 0 saturated heterocycles. The molecular weight excluding hydrogens is 328 g/mol. The highest BCUT2D eigenvalue weighted by Crippen LogP contribution is 2.67. The maximum atomic E-state index is 11.8. The van der Waals surface area contributed by atoms with Crippen LogP contribution in [0.5, 0.6) is 0 Å². The standard InChI is InChI=1S/C22H34O4/c1-13(23)26-15-8-10-21(2)14(12-15)4-5-16-17-6-7-19(20(24)25)22(17,3)11-9-18(16)21/h14-19H,4-12H2,1-3H3,(H,24,25)/t14-,15-,16-,17+,18+,19-,21-,22-/m0/s1. The first-order valence-electron chi connectivity index (χ1n) is 10.7. The van der Waals surface area contributed by atoms with Crippen molar-refractivity contribution in [1.82, 2.24) is 0 Å². The van der Waals surface area contributed by atoms with Gasteiger partial charge in [0, 0.05) is 6.92 Å². The van der Waals surface area contributed by atoms with E-state index in [1.54, 1.807) is 0 Å². The molecule has 0 unspecified atom stereocenters. The SMILES string of the molecule is CC(=O)O[C@H]1CC[C@@]2(C)[C@@H](CC[C@@H]3[C@H]2CC[C@@]2(C)[C@@H]3CC[C@H]2C(=O)O)C1. The molecule has 0 aliphatic heterocycles. The number of hydrogen-bond acceptors (Lipinski definition) is 3. The van der Waals surface area contributed by atoms with Crippen LogP contribution in [-0.4, -0.2) is 23.1 Å². The molecule has 8 atom stereocenters. The van der Waals surface area contributed by atoms with Gasteiger partial charge in [0.1, 0.15) is 6.10 Å². The molecule has 0 amide bonds. The van der Waals surface area contributed by atoms with Gasteiger partial charge in [0.05, 0.1) is 5.92 Å². The van der Waals surface area contributed by atoms with Crippen molar-refractivity contribution in [2.75, 3.05) is 0 Å². The monoisotopic (exact) mass is 362 g/mol. The minimum atomic E-state index is -0.574. The zero-order chi connectivity index (χ0) is 18.7. The van der Waals surface area contributed by atoms with Crippen LogP contribution in [0.1, 0.15) is 78.6 Å². The Labute approximate surface area is 157 Å². The van der Waals surface area contributed by atoms with E-state index in [4.69, 9.17) is 4.74 Å². The molecule has 0 bridgehead atoms. The predicted molar refractivity (Wildman–Crippen MR) is 98.4 cm³/mol. The molecule has 4 nitrogen and oxygen atoms in total. The van der Waals surface area contributed by atoms with Gasteiger partial charge in [0.15, 0.2) is 0 Å². The molecule has 0 aromatic carbocycles. The van der Waals surface area contributed by atoms with Crippen molar-refractivity contribution in [1.29, 1.82) is 0 Å². The van der Waals surface area contributed by atoms with Gasteiger partial charge in [-0.3, -0.25) is 9.59 Å². The molecule has 1 N–H and O–H groups in total. The normalized spacial score (nSPS) is 50.3. The number of carboxylic acid groups (broad SMARTS) is 1. The average molecular weight is 363 g/mol. The topological polar surface area (TPSA) is 63.6 Å². The molecule has 4 aliphatic carbocycles. The van der Waals surface area contributed by atoms with E-state index < -0.39 is 5.97 Å². The van der Waals surface area contributed by atoms with Gasteiger partial charge in [0.25, 0.3) is 0 Å². The predicted octanol–water partition coefficient (Wildman–Crippen LogP) is 4.66. The lowest BCUT2D eigenvalue weighted by Gasteiger charge is -2.60. The van der Waals surface area contributed by atoms with Gasteiger partial charge in [-0.2, -0.15) is 0 Å². The van der Waals surface area contributed by atoms with Gasteiger partial charge in [-0.15, -0.1) is 0 Å². The van der Waals surface area contributed by atoms with Crippen LogP contribution in [0, 0.1) is 40.4 Å². The average Bonchev–Trinajstić information content (AvgIpc) is 2.92. The number of carbonyl (C=O) groups is 2. The second-order valence-electron chi connectivity index (χ2n) is 10.2. The Bertz CT molecular complexity index is 601. The van der Waals surface area contributed by atoms with Gasteiger partial charge >= 0.3 is 11.9 Å². The van der Waals surface area contributed by atoms with E-state index in [0.29, 0.717) is 23.2 Å². The van der Waals surface area contributed by atoms with Crippen LogP contribution in [0.3, 0.4) is 0 Å². The highest BCUT2D eigenvalue weighted by atomic mass is 16.5. The van der Waals surface area contributed by atoms with Crippen molar-refractivity contribution in [3.63, 3.8) is 0 Å². The molecular formula is C22H34O4. The van der Waals surface area contributed by atoms with Crippen LogP contribution >= 0.6 is 0 Å². The number of ether oxygens (including phenoxy) is 1. The van der Waals surface area contributed by atoms with Crippen molar-refractivity contribution in [3.05, 3.63) is 0 Å². The van der Waals surface area contributed by atoms with Crippen molar-refractivity contribution in [2.24, 2.45) is 40.4 Å². The summed E-state index contributed by atoms with van der Waals surface area (Å²) in [6.07, 6.45) is 9.98. The summed E-state index contributed by atoms with van der Waals surface area (Å²) in [6, 6.07) is 0. The first-order chi connectivity index (χ1) is 12.3. The molecule has 26 heavy (non-hydrogen) atoms. The molecule has 0 heterocycles. The lowest BCUT2D eigenvalue weighted by molar-refractivity contribution is -0.163. The van der Waals surface area contributed by atoms with Crippen LogP contribution < -0.4 is 0 Å². The van der Waals surface area contributed by atoms with E-state index >= 15 is 0 Å². The molecule has 0 aromatic heterocycles. The van der Waals surface area contributed by atoms with Gasteiger partial charge in [0.2, 0.25) is 0 Å². The van der Waals surface area contributed by atoms with Crippen molar-refractivity contribution in [3.8, 4) is 0 Å². The van der Waals surface area contributed by atoms with E-state index in [1.165, 1.54) is 26.2 Å². The summed E-state index contributed by atoms with van der Waals surface area (Å²) in [5.41, 5.74) is 0.355. The second kappa shape index (κ2) is 6.24. The van der Waals surface area contributed by atoms with Crippen molar-refractivity contribution in [2.45, 2.75) is 84.7 Å². The fourth-order valence-corrected chi connectivity index (χ4v) is 7.97. The zero-order valence-corrected chi connectivity index (χ0v) is 16.5. The van der Waals surface area contributed by atoms with Gasteiger partial charge in [-0.1, -0.05) is 13.8 Å². The van der Waals surface area contributed by atoms with E-state index in [2.05, 4.69) is 13.8 Å². The third-order valence-corrected chi connectivity index (χ3v) is 9.25. The quantitative estimate of drug-likeness (QED) is 0.726. The smallest absolute Gasteiger partial charge is 0.307 e. The second-order valence-corrected chi connectivity index (χ2v) is 10.2. The molecule has 4 aliphatic rings. The summed E-state index contributed by atoms with van der Waals surface area (Å²) in [7, 11) is 0. The fourth-order valence-electron chi connectivity index (χ4n) is 7.97. The largest absolute Gasteiger partial charge is 0.481 e. The Hall–Kier alpha value is -1.06. The Balaban J connectivity index is 1.54. The van der Waals surface area contributed by atoms with Crippen LogP contribution in [-0.2, 0) is 14.3 Å². The molecule has 0 radical (unpaired) electrons. The minimum absolute atomic E-state index is 0.00510. The first kappa shape index (κ1) is 18.3. The third-order valence-electron chi connectivity index (χ3n) is 9.25. The Morgan fingerprint density at radius 3 is 2.31 bits per heavy atom. The van der Waals surface area contributed by atoms with E-state index in [0.717, 1.165) is 44.4 Å². The maximum absolute atomic E-state index is 11.8. The summed E-state index contributed by atoms with van der Waals surface area (Å²) in [5.74, 6) is 1.81. The third kappa shape index (κ3) is 2.62. The van der Waals surface area contributed by atoms with Crippen LogP contribution in [0.4, 0.5) is 0 Å². The number of esters is 1. The number of carboxylic acids is 1. The molecule has 4 fully saturated rings. The number of hydrogen-bond donors (Lipinski definition) is 1. The van der Waals surface area contributed by atoms with Gasteiger partial charge in [-0.05, 0) is 92.3 Å². The Morgan fingerprint density at radius 1 is 0.923 bits per heavy atom. The van der Waals surface area contributed by atoms with Crippen molar-refractivity contribution < 1.29 is 19.4 Å². The summed E-state index contributed by atoms with van der Waals surface area (Å²) < 4.78 is 5.54. The Morgan fingerprint density at radius 2 is 1.62 bits per heavy atom. The van der Waals surface area contributed by atoms with E-state index in [9.17, 15) is 14.7 Å². The van der Waals surface area contributed by atoms with Crippen LogP contribution in [0.25, 0.3) is 0 Å². The summed E-state index contributed by atoms with van der Waals surface area (Å²) >= 11 is 0. The highest BCUT2D eigenvalue weighted by molar-refractivity contribution is 5.71. The van der Waals surface area contributed by atoms with Crippen LogP contribution in [0.2, 0.25) is 0 Å². The van der Waals surface area contributed by atoms with Gasteiger partial charge < -0.3 is 9.84 Å². The minimum Gasteiger partial charge on any atom is -0.481 e. The number of rotatable bonds is 2. The van der Waals surface area contributed by atoms with Crippen LogP contribution in [0.15, 0.2) is 0 Å². The molecule has 146 valence electrons. The molecule has 4 saturated carbocycles. The fraction of sp³-hybridized carbons (Fsp3) is 0.909. The number of fused-ring (bicyclic) bond motifs is 5. The lowest BCUT2D eigenvalue weighted by Crippen LogP contribution is -2.54. The number of carbonyl (C=O) groups excluding carboxylic acids is 1. The Kier molecular flexibility index (Phi) is 4.39. The first-order valence-corrected chi connectivity index (χ1v) is 10.7. The summed E-state index contributed by atoms with van der Waals surface area (Å²) in [5, 5.41) is 9.71.